The molecule has 9 nitrogen and oxygen atoms in total. The van der Waals surface area contributed by atoms with Gasteiger partial charge < -0.3 is 23.9 Å². The first kappa shape index (κ1) is 18.4. The van der Waals surface area contributed by atoms with E-state index >= 15 is 0 Å². The van der Waals surface area contributed by atoms with Gasteiger partial charge in [0.2, 0.25) is 0 Å². The highest BCUT2D eigenvalue weighted by atomic mass is 16.5. The summed E-state index contributed by atoms with van der Waals surface area (Å²) in [5.74, 6) is 0.612. The number of carbonyl (C=O) groups excluding carboxylic acids is 2. The number of carbonyl (C=O) groups is 2. The number of likely N-dealkylation sites (tertiary alicyclic amines) is 1. The van der Waals surface area contributed by atoms with Gasteiger partial charge >= 0.3 is 0 Å². The van der Waals surface area contributed by atoms with Gasteiger partial charge in [-0.3, -0.25) is 9.59 Å². The van der Waals surface area contributed by atoms with Crippen LogP contribution in [0.25, 0.3) is 0 Å². The minimum Gasteiger partial charge on any atom is -0.451 e. The van der Waals surface area contributed by atoms with E-state index in [0.29, 0.717) is 48.8 Å². The van der Waals surface area contributed by atoms with Crippen LogP contribution in [-0.2, 0) is 11.2 Å². The fourth-order valence-electron chi connectivity index (χ4n) is 5.35. The summed E-state index contributed by atoms with van der Waals surface area (Å²) in [4.78, 5) is 31.2. The number of nitrogens with one attached hydrogen (secondary N) is 1. The van der Waals surface area contributed by atoms with Crippen LogP contribution >= 0.6 is 0 Å². The zero-order valence-corrected chi connectivity index (χ0v) is 16.5. The molecule has 2 aromatic rings. The van der Waals surface area contributed by atoms with Crippen molar-refractivity contribution in [3.63, 3.8) is 0 Å². The Morgan fingerprint density at radius 1 is 1.41 bits per heavy atom. The van der Waals surface area contributed by atoms with Gasteiger partial charge in [-0.05, 0) is 26.2 Å². The van der Waals surface area contributed by atoms with Gasteiger partial charge in [0.1, 0.15) is 17.6 Å². The zero-order valence-electron chi connectivity index (χ0n) is 16.5. The summed E-state index contributed by atoms with van der Waals surface area (Å²) in [5.41, 5.74) is 1.21. The normalized spacial score (nSPS) is 30.0. The monoisotopic (exact) mass is 400 g/mol. The first-order valence-corrected chi connectivity index (χ1v) is 10.1. The van der Waals surface area contributed by atoms with Gasteiger partial charge in [-0.1, -0.05) is 12.1 Å². The van der Waals surface area contributed by atoms with Crippen LogP contribution in [0.4, 0.5) is 0 Å². The summed E-state index contributed by atoms with van der Waals surface area (Å²) in [5, 5.41) is 7.02. The molecule has 154 valence electrons. The average Bonchev–Trinajstić information content (AvgIpc) is 3.51. The molecule has 9 heteroatoms. The molecule has 2 bridgehead atoms. The van der Waals surface area contributed by atoms with E-state index in [-0.39, 0.29) is 35.4 Å². The molecule has 0 aliphatic carbocycles. The maximum atomic E-state index is 12.8. The molecule has 3 aliphatic rings. The van der Waals surface area contributed by atoms with E-state index in [9.17, 15) is 9.59 Å². The molecule has 29 heavy (non-hydrogen) atoms. The van der Waals surface area contributed by atoms with Gasteiger partial charge in [-0.2, -0.15) is 0 Å². The third kappa shape index (κ3) is 2.78. The highest BCUT2D eigenvalue weighted by molar-refractivity contribution is 5.96. The number of fused-ring (bicyclic) bond motifs is 1. The Morgan fingerprint density at radius 2 is 2.28 bits per heavy atom. The lowest BCUT2D eigenvalue weighted by Gasteiger charge is -2.29. The average molecular weight is 400 g/mol. The Labute approximate surface area is 167 Å². The standard InChI is InChI=1S/C20H24N4O5/c1-3-14-17(11(2)29-23-14)18(25)21-6-12-13-7-24(19(26)15-8-27-10-22-15)9-20(13)5-4-16(12)28-20/h8,10,12-13,16H,3-7,9H2,1-2H3,(H,21,25)/t12-,13+,16+,20+/m0/s1. The van der Waals surface area contributed by atoms with E-state index in [4.69, 9.17) is 13.7 Å². The second-order valence-electron chi connectivity index (χ2n) is 8.21. The lowest BCUT2D eigenvalue weighted by molar-refractivity contribution is 0.00311. The molecule has 3 saturated heterocycles. The molecule has 4 atom stereocenters. The highest BCUT2D eigenvalue weighted by Gasteiger charge is 2.63. The van der Waals surface area contributed by atoms with Crippen LogP contribution in [0.5, 0.6) is 0 Å². The van der Waals surface area contributed by atoms with Crippen LogP contribution in [0.3, 0.4) is 0 Å². The van der Waals surface area contributed by atoms with Crippen molar-refractivity contribution in [2.75, 3.05) is 19.6 Å². The number of nitrogens with zero attached hydrogens (tertiary/aromatic N) is 3. The molecule has 0 aromatic carbocycles. The minimum atomic E-state index is -0.304. The van der Waals surface area contributed by atoms with E-state index in [2.05, 4.69) is 15.5 Å². The highest BCUT2D eigenvalue weighted by Crippen LogP contribution is 2.54. The fraction of sp³-hybridized carbons (Fsp3) is 0.600. The third-order valence-corrected chi connectivity index (χ3v) is 6.72. The number of aromatic nitrogens is 2. The predicted octanol–water partition coefficient (Wildman–Crippen LogP) is 1.58. The number of aryl methyl sites for hydroxylation is 2. The van der Waals surface area contributed by atoms with Crippen LogP contribution in [0.2, 0.25) is 0 Å². The first-order valence-electron chi connectivity index (χ1n) is 10.1. The topological polar surface area (TPSA) is 111 Å². The lowest BCUT2D eigenvalue weighted by Crippen LogP contribution is -2.42. The van der Waals surface area contributed by atoms with Gasteiger partial charge in [-0.25, -0.2) is 4.98 Å². The Morgan fingerprint density at radius 3 is 3.03 bits per heavy atom. The maximum absolute atomic E-state index is 12.8. The largest absolute Gasteiger partial charge is 0.451 e. The molecule has 2 amide bonds. The number of hydrogen-bond donors (Lipinski definition) is 1. The lowest BCUT2D eigenvalue weighted by atomic mass is 9.73. The minimum absolute atomic E-state index is 0.124. The van der Waals surface area contributed by atoms with Crippen LogP contribution in [0.15, 0.2) is 21.6 Å². The molecule has 5 rings (SSSR count). The molecule has 0 unspecified atom stereocenters. The molecule has 0 saturated carbocycles. The van der Waals surface area contributed by atoms with Gasteiger partial charge in [0.05, 0.1) is 23.9 Å². The van der Waals surface area contributed by atoms with E-state index in [0.717, 1.165) is 12.8 Å². The van der Waals surface area contributed by atoms with Gasteiger partial charge in [0.25, 0.3) is 11.8 Å². The summed E-state index contributed by atoms with van der Waals surface area (Å²) in [6, 6.07) is 0. The second-order valence-corrected chi connectivity index (χ2v) is 8.21. The molecular weight excluding hydrogens is 376 g/mol. The molecule has 1 N–H and O–H groups in total. The molecule has 5 heterocycles. The Bertz CT molecular complexity index is 939. The van der Waals surface area contributed by atoms with Crippen molar-refractivity contribution in [2.45, 2.75) is 44.8 Å². The van der Waals surface area contributed by atoms with Crippen LogP contribution < -0.4 is 5.32 Å². The van der Waals surface area contributed by atoms with Crippen molar-refractivity contribution < 1.29 is 23.3 Å². The van der Waals surface area contributed by atoms with E-state index in [1.54, 1.807) is 11.8 Å². The number of hydrogen-bond acceptors (Lipinski definition) is 7. The Kier molecular flexibility index (Phi) is 4.23. The maximum Gasteiger partial charge on any atom is 0.275 e. The number of amides is 2. The smallest absolute Gasteiger partial charge is 0.275 e. The predicted molar refractivity (Wildman–Crippen MR) is 99.2 cm³/mol. The van der Waals surface area contributed by atoms with Gasteiger partial charge in [0, 0.05) is 24.9 Å². The van der Waals surface area contributed by atoms with Crippen molar-refractivity contribution in [3.05, 3.63) is 35.4 Å². The van der Waals surface area contributed by atoms with E-state index in [1.165, 1.54) is 12.7 Å². The molecule has 3 aliphatic heterocycles. The van der Waals surface area contributed by atoms with Crippen molar-refractivity contribution in [1.29, 1.82) is 0 Å². The number of rotatable bonds is 5. The van der Waals surface area contributed by atoms with Crippen LogP contribution in [0, 0.1) is 18.8 Å². The number of ether oxygens (including phenoxy) is 1. The van der Waals surface area contributed by atoms with Crippen molar-refractivity contribution >= 4 is 11.8 Å². The SMILES string of the molecule is CCc1noc(C)c1C(=O)NC[C@H]1[C@H]2CN(C(=O)c3cocn3)C[C@]23CC[C@H]1O3. The molecule has 1 spiro atoms. The fourth-order valence-corrected chi connectivity index (χ4v) is 5.35. The van der Waals surface area contributed by atoms with Crippen molar-refractivity contribution in [2.24, 2.45) is 11.8 Å². The van der Waals surface area contributed by atoms with E-state index < -0.39 is 0 Å². The third-order valence-electron chi connectivity index (χ3n) is 6.72. The zero-order chi connectivity index (χ0) is 20.2. The van der Waals surface area contributed by atoms with Crippen LogP contribution in [0.1, 0.15) is 52.1 Å². The van der Waals surface area contributed by atoms with Gasteiger partial charge in [-0.15, -0.1) is 0 Å². The Hall–Kier alpha value is -2.68. The molecule has 2 aromatic heterocycles. The summed E-state index contributed by atoms with van der Waals surface area (Å²) < 4.78 is 16.5. The quantitative estimate of drug-likeness (QED) is 0.811. The van der Waals surface area contributed by atoms with Gasteiger partial charge in [0.15, 0.2) is 12.1 Å². The molecule has 3 fully saturated rings. The second kappa shape index (κ2) is 6.69. The first-order chi connectivity index (χ1) is 14.0. The van der Waals surface area contributed by atoms with Crippen LogP contribution in [-0.4, -0.2) is 58.2 Å². The van der Waals surface area contributed by atoms with E-state index in [1.807, 2.05) is 6.92 Å². The summed E-state index contributed by atoms with van der Waals surface area (Å²) >= 11 is 0. The number of oxazole rings is 1. The summed E-state index contributed by atoms with van der Waals surface area (Å²) in [6.45, 7) is 5.38. The van der Waals surface area contributed by atoms with Crippen molar-refractivity contribution in [1.82, 2.24) is 20.4 Å². The molecular formula is C20H24N4O5. The summed E-state index contributed by atoms with van der Waals surface area (Å²) in [7, 11) is 0. The van der Waals surface area contributed by atoms with Crippen molar-refractivity contribution in [3.8, 4) is 0 Å². The Balaban J connectivity index is 1.29. The molecule has 0 radical (unpaired) electrons. The summed E-state index contributed by atoms with van der Waals surface area (Å²) in [6.07, 6.45) is 5.30.